The van der Waals surface area contributed by atoms with Crippen LogP contribution in [0.5, 0.6) is 0 Å². The van der Waals surface area contributed by atoms with Crippen LogP contribution in [0.4, 0.5) is 17.1 Å². The van der Waals surface area contributed by atoms with Gasteiger partial charge in [0.05, 0.1) is 0 Å². The summed E-state index contributed by atoms with van der Waals surface area (Å²) in [6, 6.07) is 21.0. The molecule has 4 heteroatoms. The number of nitrogens with zero attached hydrogens (tertiary/aromatic N) is 2. The van der Waals surface area contributed by atoms with Crippen LogP contribution in [-0.4, -0.2) is 37.6 Å². The molecule has 3 aromatic carbocycles. The van der Waals surface area contributed by atoms with Crippen molar-refractivity contribution < 1.29 is 0 Å². The van der Waals surface area contributed by atoms with E-state index in [1.165, 1.54) is 29.4 Å². The van der Waals surface area contributed by atoms with Gasteiger partial charge in [0, 0.05) is 53.7 Å². The number of nitrogens with one attached hydrogen (secondary N) is 1. The van der Waals surface area contributed by atoms with Crippen molar-refractivity contribution in [1.82, 2.24) is 4.90 Å². The van der Waals surface area contributed by atoms with Gasteiger partial charge in [-0.1, -0.05) is 36.7 Å². The Morgan fingerprint density at radius 2 is 1.63 bits per heavy atom. The SMILES string of the molecule is CCCN1CCN(c2cccc3ccc(Nc4ccc(Cl)cc4)cc23)CC1. The molecule has 0 aliphatic carbocycles. The Labute approximate surface area is 166 Å². The first-order chi connectivity index (χ1) is 13.2. The van der Waals surface area contributed by atoms with Gasteiger partial charge in [-0.2, -0.15) is 0 Å². The second kappa shape index (κ2) is 8.20. The maximum absolute atomic E-state index is 5.99. The van der Waals surface area contributed by atoms with Crippen LogP contribution in [0.1, 0.15) is 13.3 Å². The lowest BCUT2D eigenvalue weighted by atomic mass is 10.1. The van der Waals surface area contributed by atoms with E-state index in [-0.39, 0.29) is 0 Å². The van der Waals surface area contributed by atoms with E-state index in [0.29, 0.717) is 0 Å². The highest BCUT2D eigenvalue weighted by Gasteiger charge is 2.18. The first-order valence-electron chi connectivity index (χ1n) is 9.75. The van der Waals surface area contributed by atoms with Gasteiger partial charge in [0.2, 0.25) is 0 Å². The lowest BCUT2D eigenvalue weighted by molar-refractivity contribution is 0.258. The number of halogens is 1. The predicted octanol–water partition coefficient (Wildman–Crippen LogP) is 5.77. The normalized spacial score (nSPS) is 15.3. The summed E-state index contributed by atoms with van der Waals surface area (Å²) in [5.74, 6) is 0. The molecule has 1 N–H and O–H groups in total. The zero-order valence-corrected chi connectivity index (χ0v) is 16.5. The minimum atomic E-state index is 0.753. The van der Waals surface area contributed by atoms with Crippen LogP contribution in [0.2, 0.25) is 5.02 Å². The summed E-state index contributed by atoms with van der Waals surface area (Å²) in [4.78, 5) is 5.09. The molecule has 0 radical (unpaired) electrons. The number of benzene rings is 3. The second-order valence-corrected chi connectivity index (χ2v) is 7.61. The minimum Gasteiger partial charge on any atom is -0.368 e. The Hall–Kier alpha value is -2.23. The molecule has 0 spiro atoms. The average Bonchev–Trinajstić information content (AvgIpc) is 2.70. The van der Waals surface area contributed by atoms with Gasteiger partial charge >= 0.3 is 0 Å². The van der Waals surface area contributed by atoms with Gasteiger partial charge in [0.15, 0.2) is 0 Å². The Balaban J connectivity index is 1.59. The molecule has 1 heterocycles. The van der Waals surface area contributed by atoms with E-state index in [1.807, 2.05) is 24.3 Å². The maximum atomic E-state index is 5.99. The topological polar surface area (TPSA) is 18.5 Å². The highest BCUT2D eigenvalue weighted by Crippen LogP contribution is 2.31. The summed E-state index contributed by atoms with van der Waals surface area (Å²) in [5.41, 5.74) is 3.48. The van der Waals surface area contributed by atoms with Crippen molar-refractivity contribution >= 4 is 39.4 Å². The van der Waals surface area contributed by atoms with Crippen molar-refractivity contribution in [3.63, 3.8) is 0 Å². The van der Waals surface area contributed by atoms with E-state index in [1.54, 1.807) is 0 Å². The summed E-state index contributed by atoms with van der Waals surface area (Å²) in [7, 11) is 0. The first kappa shape index (κ1) is 18.1. The molecule has 0 bridgehead atoms. The van der Waals surface area contributed by atoms with Gasteiger partial charge < -0.3 is 10.2 Å². The highest BCUT2D eigenvalue weighted by atomic mass is 35.5. The summed E-state index contributed by atoms with van der Waals surface area (Å²) in [6.45, 7) is 7.94. The molecular formula is C23H26ClN3. The van der Waals surface area contributed by atoms with Gasteiger partial charge in [-0.05, 0) is 60.8 Å². The van der Waals surface area contributed by atoms with Crippen LogP contribution in [0.3, 0.4) is 0 Å². The van der Waals surface area contributed by atoms with Crippen molar-refractivity contribution in [3.05, 3.63) is 65.7 Å². The summed E-state index contributed by atoms with van der Waals surface area (Å²) >= 11 is 5.99. The molecule has 3 aromatic rings. The number of hydrogen-bond donors (Lipinski definition) is 1. The largest absolute Gasteiger partial charge is 0.368 e. The van der Waals surface area contributed by atoms with Crippen LogP contribution in [0, 0.1) is 0 Å². The van der Waals surface area contributed by atoms with Crippen molar-refractivity contribution in [2.24, 2.45) is 0 Å². The molecule has 1 saturated heterocycles. The molecule has 4 rings (SSSR count). The zero-order chi connectivity index (χ0) is 18.6. The number of anilines is 3. The molecule has 0 amide bonds. The third-order valence-electron chi connectivity index (χ3n) is 5.24. The van der Waals surface area contributed by atoms with E-state index in [4.69, 9.17) is 11.6 Å². The smallest absolute Gasteiger partial charge is 0.0447 e. The van der Waals surface area contributed by atoms with Crippen LogP contribution in [0.15, 0.2) is 60.7 Å². The molecule has 1 fully saturated rings. The predicted molar refractivity (Wildman–Crippen MR) is 118 cm³/mol. The van der Waals surface area contributed by atoms with Crippen LogP contribution < -0.4 is 10.2 Å². The Bertz CT molecular complexity index is 899. The van der Waals surface area contributed by atoms with Gasteiger partial charge in [-0.15, -0.1) is 0 Å². The molecule has 27 heavy (non-hydrogen) atoms. The van der Waals surface area contributed by atoms with Crippen LogP contribution >= 0.6 is 11.6 Å². The quantitative estimate of drug-likeness (QED) is 0.607. The summed E-state index contributed by atoms with van der Waals surface area (Å²) in [6.07, 6.45) is 1.23. The first-order valence-corrected chi connectivity index (χ1v) is 10.1. The van der Waals surface area contributed by atoms with Gasteiger partial charge in [0.1, 0.15) is 0 Å². The van der Waals surface area contributed by atoms with Crippen molar-refractivity contribution in [1.29, 1.82) is 0 Å². The fourth-order valence-electron chi connectivity index (χ4n) is 3.84. The summed E-state index contributed by atoms with van der Waals surface area (Å²) < 4.78 is 0. The molecule has 140 valence electrons. The third-order valence-corrected chi connectivity index (χ3v) is 5.50. The zero-order valence-electron chi connectivity index (χ0n) is 15.8. The minimum absolute atomic E-state index is 0.753. The molecule has 1 aliphatic heterocycles. The van der Waals surface area contributed by atoms with Crippen molar-refractivity contribution in [2.45, 2.75) is 13.3 Å². The number of piperazine rings is 1. The average molecular weight is 380 g/mol. The Morgan fingerprint density at radius 1 is 0.889 bits per heavy atom. The molecule has 0 aromatic heterocycles. The summed E-state index contributed by atoms with van der Waals surface area (Å²) in [5, 5.41) is 6.83. The monoisotopic (exact) mass is 379 g/mol. The van der Waals surface area contributed by atoms with Crippen molar-refractivity contribution in [2.75, 3.05) is 42.9 Å². The second-order valence-electron chi connectivity index (χ2n) is 7.17. The lowest BCUT2D eigenvalue weighted by Gasteiger charge is -2.36. The molecule has 0 saturated carbocycles. The number of rotatable bonds is 5. The van der Waals surface area contributed by atoms with E-state index >= 15 is 0 Å². The fourth-order valence-corrected chi connectivity index (χ4v) is 3.96. The standard InChI is InChI=1S/C23H26ClN3/c1-2-12-26-13-15-27(16-14-26)23-5-3-4-18-6-9-21(17-22(18)23)25-20-10-7-19(24)8-11-20/h3-11,17,25H,2,12-16H2,1H3. The Morgan fingerprint density at radius 3 is 2.37 bits per heavy atom. The number of hydrogen-bond acceptors (Lipinski definition) is 3. The maximum Gasteiger partial charge on any atom is 0.0447 e. The molecule has 0 atom stereocenters. The van der Waals surface area contributed by atoms with E-state index in [9.17, 15) is 0 Å². The van der Waals surface area contributed by atoms with Crippen molar-refractivity contribution in [3.8, 4) is 0 Å². The molecule has 3 nitrogen and oxygen atoms in total. The lowest BCUT2D eigenvalue weighted by Crippen LogP contribution is -2.46. The molecule has 0 unspecified atom stereocenters. The number of fused-ring (bicyclic) bond motifs is 1. The Kier molecular flexibility index (Phi) is 5.51. The van der Waals surface area contributed by atoms with E-state index in [0.717, 1.165) is 42.6 Å². The van der Waals surface area contributed by atoms with Crippen LogP contribution in [-0.2, 0) is 0 Å². The van der Waals surface area contributed by atoms with Gasteiger partial charge in [-0.25, -0.2) is 0 Å². The van der Waals surface area contributed by atoms with E-state index in [2.05, 4.69) is 58.4 Å². The van der Waals surface area contributed by atoms with Gasteiger partial charge in [0.25, 0.3) is 0 Å². The third kappa shape index (κ3) is 4.20. The molecule has 1 aliphatic rings. The van der Waals surface area contributed by atoms with E-state index < -0.39 is 0 Å². The fraction of sp³-hybridized carbons (Fsp3) is 0.304. The van der Waals surface area contributed by atoms with Crippen LogP contribution in [0.25, 0.3) is 10.8 Å². The highest BCUT2D eigenvalue weighted by molar-refractivity contribution is 6.30. The van der Waals surface area contributed by atoms with Gasteiger partial charge in [-0.3, -0.25) is 4.90 Å². The molecular weight excluding hydrogens is 354 g/mol.